The molecule has 1 unspecified atom stereocenters. The first-order valence-electron chi connectivity index (χ1n) is 7.22. The molecule has 2 amide bonds. The van der Waals surface area contributed by atoms with E-state index >= 15 is 0 Å². The number of anilines is 1. The highest BCUT2D eigenvalue weighted by molar-refractivity contribution is 6.30. The van der Waals surface area contributed by atoms with Crippen LogP contribution in [-0.2, 0) is 16.0 Å². The molecular weight excluding hydrogens is 298 g/mol. The zero-order valence-corrected chi connectivity index (χ0v) is 13.0. The summed E-state index contributed by atoms with van der Waals surface area (Å²) in [4.78, 5) is 26.1. The molecule has 0 aliphatic carbocycles. The Morgan fingerprint density at radius 1 is 1.05 bits per heavy atom. The molecule has 3 rings (SSSR count). The number of imide groups is 1. The van der Waals surface area contributed by atoms with Gasteiger partial charge in [-0.05, 0) is 43.2 Å². The third-order valence-corrected chi connectivity index (χ3v) is 4.18. The van der Waals surface area contributed by atoms with E-state index in [1.165, 1.54) is 4.90 Å². The fraction of sp³-hybridized carbons (Fsp3) is 0.222. The third-order valence-electron chi connectivity index (χ3n) is 3.93. The maximum absolute atomic E-state index is 12.6. The number of carbonyl (C=O) groups excluding carboxylic acids is 2. The molecule has 1 aliphatic heterocycles. The van der Waals surface area contributed by atoms with Crippen LogP contribution in [0.3, 0.4) is 0 Å². The van der Waals surface area contributed by atoms with Crippen LogP contribution in [0.15, 0.2) is 48.5 Å². The second-order valence-electron chi connectivity index (χ2n) is 5.63. The van der Waals surface area contributed by atoms with Gasteiger partial charge in [-0.3, -0.25) is 14.5 Å². The largest absolute Gasteiger partial charge is 0.274 e. The van der Waals surface area contributed by atoms with Crippen molar-refractivity contribution >= 4 is 29.1 Å². The second kappa shape index (κ2) is 5.93. The van der Waals surface area contributed by atoms with Crippen molar-refractivity contribution in [2.45, 2.75) is 19.8 Å². The highest BCUT2D eigenvalue weighted by Crippen LogP contribution is 2.29. The Bertz CT molecular complexity index is 707. The molecule has 0 saturated carbocycles. The lowest BCUT2D eigenvalue weighted by molar-refractivity contribution is -0.122. The first kappa shape index (κ1) is 14.8. The Hall–Kier alpha value is -2.13. The summed E-state index contributed by atoms with van der Waals surface area (Å²) in [5.74, 6) is -0.549. The highest BCUT2D eigenvalue weighted by atomic mass is 35.5. The molecule has 0 aromatic heterocycles. The van der Waals surface area contributed by atoms with E-state index in [9.17, 15) is 9.59 Å². The molecule has 1 fully saturated rings. The number of hydrogen-bond acceptors (Lipinski definition) is 2. The molecule has 112 valence electrons. The van der Waals surface area contributed by atoms with Gasteiger partial charge in [0.05, 0.1) is 11.6 Å². The van der Waals surface area contributed by atoms with Gasteiger partial charge in [-0.1, -0.05) is 41.4 Å². The number of aryl methyl sites for hydroxylation is 1. The van der Waals surface area contributed by atoms with Gasteiger partial charge < -0.3 is 0 Å². The molecule has 4 heteroatoms. The van der Waals surface area contributed by atoms with Crippen molar-refractivity contribution in [2.24, 2.45) is 5.92 Å². The first-order chi connectivity index (χ1) is 10.5. The lowest BCUT2D eigenvalue weighted by Gasteiger charge is -2.15. The van der Waals surface area contributed by atoms with E-state index in [0.717, 1.165) is 11.1 Å². The summed E-state index contributed by atoms with van der Waals surface area (Å²) >= 11 is 5.87. The summed E-state index contributed by atoms with van der Waals surface area (Å²) < 4.78 is 0. The molecular formula is C18H16ClNO2. The fourth-order valence-electron chi connectivity index (χ4n) is 2.72. The monoisotopic (exact) mass is 313 g/mol. The maximum Gasteiger partial charge on any atom is 0.237 e. The van der Waals surface area contributed by atoms with Crippen LogP contribution in [0, 0.1) is 12.8 Å². The molecule has 3 nitrogen and oxygen atoms in total. The minimum atomic E-state index is -0.296. The Balaban J connectivity index is 1.79. The summed E-state index contributed by atoms with van der Waals surface area (Å²) in [5, 5.41) is 0.666. The topological polar surface area (TPSA) is 37.4 Å². The Kier molecular flexibility index (Phi) is 3.99. The second-order valence-corrected chi connectivity index (χ2v) is 6.07. The van der Waals surface area contributed by atoms with Crippen molar-refractivity contribution in [3.63, 3.8) is 0 Å². The van der Waals surface area contributed by atoms with E-state index in [1.807, 2.05) is 43.3 Å². The first-order valence-corrected chi connectivity index (χ1v) is 7.60. The van der Waals surface area contributed by atoms with E-state index in [4.69, 9.17) is 11.6 Å². The summed E-state index contributed by atoms with van der Waals surface area (Å²) in [7, 11) is 0. The van der Waals surface area contributed by atoms with E-state index in [0.29, 0.717) is 17.1 Å². The van der Waals surface area contributed by atoms with Crippen LogP contribution in [0.5, 0.6) is 0 Å². The molecule has 0 bridgehead atoms. The van der Waals surface area contributed by atoms with Gasteiger partial charge in [0, 0.05) is 11.4 Å². The van der Waals surface area contributed by atoms with Crippen molar-refractivity contribution < 1.29 is 9.59 Å². The van der Waals surface area contributed by atoms with Crippen LogP contribution < -0.4 is 4.90 Å². The summed E-state index contributed by atoms with van der Waals surface area (Å²) in [6.45, 7) is 1.97. The summed E-state index contributed by atoms with van der Waals surface area (Å²) in [6, 6.07) is 14.8. The predicted molar refractivity (Wildman–Crippen MR) is 86.9 cm³/mol. The maximum atomic E-state index is 12.6. The van der Waals surface area contributed by atoms with Crippen molar-refractivity contribution in [1.29, 1.82) is 0 Å². The highest BCUT2D eigenvalue weighted by Gasteiger charge is 2.39. The zero-order chi connectivity index (χ0) is 15.7. The van der Waals surface area contributed by atoms with E-state index in [-0.39, 0.29) is 24.2 Å². The molecule has 2 aromatic rings. The van der Waals surface area contributed by atoms with Gasteiger partial charge >= 0.3 is 0 Å². The molecule has 1 aliphatic rings. The molecule has 1 saturated heterocycles. The van der Waals surface area contributed by atoms with E-state index in [1.54, 1.807) is 12.1 Å². The van der Waals surface area contributed by atoms with Crippen LogP contribution in [0.4, 0.5) is 5.69 Å². The third kappa shape index (κ3) is 2.90. The Morgan fingerprint density at radius 2 is 1.68 bits per heavy atom. The Morgan fingerprint density at radius 3 is 2.32 bits per heavy atom. The number of hydrogen-bond donors (Lipinski definition) is 0. The zero-order valence-electron chi connectivity index (χ0n) is 12.3. The molecule has 0 radical (unpaired) electrons. The summed E-state index contributed by atoms with van der Waals surface area (Å²) in [6.07, 6.45) is 0.819. The lowest BCUT2D eigenvalue weighted by Crippen LogP contribution is -2.30. The number of rotatable bonds is 3. The van der Waals surface area contributed by atoms with Crippen LogP contribution in [0.1, 0.15) is 17.5 Å². The van der Waals surface area contributed by atoms with Gasteiger partial charge in [-0.2, -0.15) is 0 Å². The van der Waals surface area contributed by atoms with Gasteiger partial charge in [0.1, 0.15) is 0 Å². The van der Waals surface area contributed by atoms with Crippen molar-refractivity contribution in [3.8, 4) is 0 Å². The quantitative estimate of drug-likeness (QED) is 0.809. The fourth-order valence-corrected chi connectivity index (χ4v) is 2.85. The minimum Gasteiger partial charge on any atom is -0.274 e. The van der Waals surface area contributed by atoms with Crippen LogP contribution >= 0.6 is 11.6 Å². The standard InChI is InChI=1S/C18H16ClNO2/c1-12-2-8-16(9-3-12)20-17(21)11-14(18(20)22)10-13-4-6-15(19)7-5-13/h2-9,14H,10-11H2,1H3. The number of halogens is 1. The number of carbonyl (C=O) groups is 2. The lowest BCUT2D eigenvalue weighted by atomic mass is 9.98. The van der Waals surface area contributed by atoms with Gasteiger partial charge in [0.25, 0.3) is 0 Å². The van der Waals surface area contributed by atoms with Gasteiger partial charge in [0.2, 0.25) is 11.8 Å². The molecule has 0 N–H and O–H groups in total. The smallest absolute Gasteiger partial charge is 0.237 e. The van der Waals surface area contributed by atoms with Crippen molar-refractivity contribution in [3.05, 3.63) is 64.7 Å². The SMILES string of the molecule is Cc1ccc(N2C(=O)CC(Cc3ccc(Cl)cc3)C2=O)cc1. The van der Waals surface area contributed by atoms with Gasteiger partial charge in [0.15, 0.2) is 0 Å². The molecule has 22 heavy (non-hydrogen) atoms. The Labute approximate surface area is 134 Å². The molecule has 0 spiro atoms. The van der Waals surface area contributed by atoms with Crippen molar-refractivity contribution in [1.82, 2.24) is 0 Å². The minimum absolute atomic E-state index is 0.121. The average molecular weight is 314 g/mol. The average Bonchev–Trinajstić information content (AvgIpc) is 2.77. The summed E-state index contributed by atoms with van der Waals surface area (Å²) in [5.41, 5.74) is 2.76. The van der Waals surface area contributed by atoms with Gasteiger partial charge in [-0.25, -0.2) is 0 Å². The number of amides is 2. The van der Waals surface area contributed by atoms with E-state index in [2.05, 4.69) is 0 Å². The molecule has 1 atom stereocenters. The van der Waals surface area contributed by atoms with Gasteiger partial charge in [-0.15, -0.1) is 0 Å². The van der Waals surface area contributed by atoms with Crippen LogP contribution in [0.2, 0.25) is 5.02 Å². The number of nitrogens with zero attached hydrogens (tertiary/aromatic N) is 1. The predicted octanol–water partition coefficient (Wildman–Crippen LogP) is 3.77. The van der Waals surface area contributed by atoms with Crippen LogP contribution in [0.25, 0.3) is 0 Å². The normalized spacial score (nSPS) is 18.1. The van der Waals surface area contributed by atoms with Crippen molar-refractivity contribution in [2.75, 3.05) is 4.90 Å². The number of benzene rings is 2. The van der Waals surface area contributed by atoms with Crippen LogP contribution in [-0.4, -0.2) is 11.8 Å². The molecule has 2 aromatic carbocycles. The van der Waals surface area contributed by atoms with E-state index < -0.39 is 0 Å². The molecule has 1 heterocycles.